The van der Waals surface area contributed by atoms with Gasteiger partial charge in [0.05, 0.1) is 11.6 Å². The first-order valence-corrected chi connectivity index (χ1v) is 6.95. The Morgan fingerprint density at radius 3 is 2.89 bits per heavy atom. The van der Waals surface area contributed by atoms with Crippen LogP contribution in [0.5, 0.6) is 0 Å². The summed E-state index contributed by atoms with van der Waals surface area (Å²) in [5.41, 5.74) is 1.29. The van der Waals surface area contributed by atoms with Crippen LogP contribution >= 0.6 is 11.3 Å². The van der Waals surface area contributed by atoms with Crippen LogP contribution in [-0.4, -0.2) is 10.1 Å². The maximum Gasteiger partial charge on any atom is 0.128 e. The molecule has 19 heavy (non-hydrogen) atoms. The second-order valence-electron chi connectivity index (χ2n) is 4.47. The molecule has 0 fully saturated rings. The normalized spacial score (nSPS) is 12.6. The molecule has 102 valence electrons. The second kappa shape index (κ2) is 6.23. The van der Waals surface area contributed by atoms with Crippen LogP contribution in [0.3, 0.4) is 0 Å². The Kier molecular flexibility index (Phi) is 4.63. The van der Waals surface area contributed by atoms with Crippen LogP contribution in [0.15, 0.2) is 24.4 Å². The largest absolute Gasteiger partial charge is 0.392 e. The lowest BCUT2D eigenvalue weighted by molar-refractivity contribution is 0.275. The van der Waals surface area contributed by atoms with Crippen molar-refractivity contribution in [3.05, 3.63) is 51.2 Å². The summed E-state index contributed by atoms with van der Waals surface area (Å²) in [7, 11) is 0. The van der Waals surface area contributed by atoms with E-state index in [0.717, 1.165) is 10.6 Å². The lowest BCUT2D eigenvalue weighted by atomic mass is 10.1. The molecule has 2 N–H and O–H groups in total. The monoisotopic (exact) mass is 280 g/mol. The SMILES string of the molecule is Cc1ncc(C(C)NCc2ccc(F)c(CO)c2)s1. The Morgan fingerprint density at radius 1 is 1.47 bits per heavy atom. The van der Waals surface area contributed by atoms with Gasteiger partial charge >= 0.3 is 0 Å². The highest BCUT2D eigenvalue weighted by atomic mass is 32.1. The van der Waals surface area contributed by atoms with E-state index in [0.29, 0.717) is 12.1 Å². The number of aliphatic hydroxyl groups excluding tert-OH is 1. The predicted octanol–water partition coefficient (Wildman–Crippen LogP) is 2.93. The molecule has 1 heterocycles. The van der Waals surface area contributed by atoms with E-state index in [1.54, 1.807) is 23.5 Å². The smallest absolute Gasteiger partial charge is 0.128 e. The zero-order valence-corrected chi connectivity index (χ0v) is 11.8. The molecule has 0 aliphatic carbocycles. The van der Waals surface area contributed by atoms with Crippen molar-refractivity contribution in [2.45, 2.75) is 33.0 Å². The van der Waals surface area contributed by atoms with E-state index in [1.165, 1.54) is 10.9 Å². The van der Waals surface area contributed by atoms with E-state index in [9.17, 15) is 4.39 Å². The van der Waals surface area contributed by atoms with Gasteiger partial charge in [-0.2, -0.15) is 0 Å². The molecule has 5 heteroatoms. The molecule has 0 aliphatic rings. The average molecular weight is 280 g/mol. The Bertz CT molecular complexity index is 556. The summed E-state index contributed by atoms with van der Waals surface area (Å²) in [5, 5.41) is 13.4. The van der Waals surface area contributed by atoms with Crippen LogP contribution in [0.2, 0.25) is 0 Å². The first-order valence-electron chi connectivity index (χ1n) is 6.14. The van der Waals surface area contributed by atoms with Crippen LogP contribution in [0.4, 0.5) is 4.39 Å². The lowest BCUT2D eigenvalue weighted by Gasteiger charge is -2.12. The Morgan fingerprint density at radius 2 is 2.26 bits per heavy atom. The Labute approximate surface area is 116 Å². The van der Waals surface area contributed by atoms with E-state index in [-0.39, 0.29) is 18.5 Å². The van der Waals surface area contributed by atoms with Gasteiger partial charge in [-0.05, 0) is 31.5 Å². The molecule has 0 aliphatic heterocycles. The molecule has 2 aromatic rings. The second-order valence-corrected chi connectivity index (χ2v) is 5.73. The molecule has 0 bridgehead atoms. The molecule has 0 amide bonds. The number of hydrogen-bond acceptors (Lipinski definition) is 4. The minimum absolute atomic E-state index is 0.203. The third-order valence-electron chi connectivity index (χ3n) is 2.96. The molecule has 3 nitrogen and oxygen atoms in total. The van der Waals surface area contributed by atoms with E-state index in [1.807, 2.05) is 13.1 Å². The van der Waals surface area contributed by atoms with Crippen LogP contribution in [0.25, 0.3) is 0 Å². The maximum absolute atomic E-state index is 13.2. The van der Waals surface area contributed by atoms with Crippen molar-refractivity contribution in [1.82, 2.24) is 10.3 Å². The molecule has 0 saturated carbocycles. The number of thiazole rings is 1. The van der Waals surface area contributed by atoms with Gasteiger partial charge in [-0.3, -0.25) is 0 Å². The van der Waals surface area contributed by atoms with Crippen molar-refractivity contribution in [2.24, 2.45) is 0 Å². The number of benzene rings is 1. The van der Waals surface area contributed by atoms with E-state index in [4.69, 9.17) is 5.11 Å². The van der Waals surface area contributed by atoms with Gasteiger partial charge in [0, 0.05) is 29.2 Å². The molecule has 1 aromatic carbocycles. The average Bonchev–Trinajstić information content (AvgIpc) is 2.84. The number of nitrogens with one attached hydrogen (secondary N) is 1. The highest BCUT2D eigenvalue weighted by Crippen LogP contribution is 2.20. The first kappa shape index (κ1) is 14.1. The fourth-order valence-corrected chi connectivity index (χ4v) is 2.62. The molecule has 2 rings (SSSR count). The number of rotatable bonds is 5. The number of aryl methyl sites for hydroxylation is 1. The topological polar surface area (TPSA) is 45.2 Å². The van der Waals surface area contributed by atoms with Crippen LogP contribution in [0, 0.1) is 12.7 Å². The number of nitrogens with zero attached hydrogens (tertiary/aromatic N) is 1. The molecule has 1 unspecified atom stereocenters. The van der Waals surface area contributed by atoms with Crippen molar-refractivity contribution in [3.63, 3.8) is 0 Å². The van der Waals surface area contributed by atoms with Crippen LogP contribution < -0.4 is 5.32 Å². The summed E-state index contributed by atoms with van der Waals surface area (Å²) < 4.78 is 13.2. The Hall–Kier alpha value is -1.30. The van der Waals surface area contributed by atoms with Crippen LogP contribution in [0.1, 0.15) is 34.0 Å². The van der Waals surface area contributed by atoms with Gasteiger partial charge in [-0.15, -0.1) is 11.3 Å². The van der Waals surface area contributed by atoms with Crippen molar-refractivity contribution in [1.29, 1.82) is 0 Å². The summed E-state index contributed by atoms with van der Waals surface area (Å²) in [5.74, 6) is -0.364. The fraction of sp³-hybridized carbons (Fsp3) is 0.357. The minimum atomic E-state index is -0.364. The number of halogens is 1. The predicted molar refractivity (Wildman–Crippen MR) is 74.4 cm³/mol. The molecule has 1 atom stereocenters. The standard InChI is InChI=1S/C14H17FN2OS/c1-9(14-7-17-10(2)19-14)16-6-11-3-4-13(15)12(5-11)8-18/h3-5,7,9,16,18H,6,8H2,1-2H3. The highest BCUT2D eigenvalue weighted by molar-refractivity contribution is 7.11. The molecular weight excluding hydrogens is 263 g/mol. The van der Waals surface area contributed by atoms with E-state index < -0.39 is 0 Å². The van der Waals surface area contributed by atoms with Crippen molar-refractivity contribution < 1.29 is 9.50 Å². The van der Waals surface area contributed by atoms with E-state index in [2.05, 4.69) is 17.2 Å². The zero-order valence-electron chi connectivity index (χ0n) is 11.0. The molecule has 0 radical (unpaired) electrons. The molecule has 0 saturated heterocycles. The summed E-state index contributed by atoms with van der Waals surface area (Å²) >= 11 is 1.67. The minimum Gasteiger partial charge on any atom is -0.392 e. The third kappa shape index (κ3) is 3.59. The third-order valence-corrected chi connectivity index (χ3v) is 4.05. The summed E-state index contributed by atoms with van der Waals surface area (Å²) in [6.07, 6.45) is 1.88. The van der Waals surface area contributed by atoms with Gasteiger partial charge in [0.25, 0.3) is 0 Å². The number of hydrogen-bond donors (Lipinski definition) is 2. The van der Waals surface area contributed by atoms with Crippen LogP contribution in [-0.2, 0) is 13.2 Å². The summed E-state index contributed by atoms with van der Waals surface area (Å²) in [4.78, 5) is 5.41. The molecular formula is C14H17FN2OS. The van der Waals surface area contributed by atoms with E-state index >= 15 is 0 Å². The number of aromatic nitrogens is 1. The van der Waals surface area contributed by atoms with Crippen molar-refractivity contribution in [2.75, 3.05) is 0 Å². The number of aliphatic hydroxyl groups is 1. The van der Waals surface area contributed by atoms with Gasteiger partial charge in [-0.25, -0.2) is 9.37 Å². The zero-order chi connectivity index (χ0) is 13.8. The maximum atomic E-state index is 13.2. The van der Waals surface area contributed by atoms with Crippen molar-refractivity contribution >= 4 is 11.3 Å². The van der Waals surface area contributed by atoms with Gasteiger partial charge in [0.15, 0.2) is 0 Å². The van der Waals surface area contributed by atoms with Gasteiger partial charge in [-0.1, -0.05) is 6.07 Å². The fourth-order valence-electron chi connectivity index (χ4n) is 1.81. The summed E-state index contributed by atoms with van der Waals surface area (Å²) in [6.45, 7) is 4.41. The lowest BCUT2D eigenvalue weighted by Crippen LogP contribution is -2.17. The first-order chi connectivity index (χ1) is 9.10. The van der Waals surface area contributed by atoms with Gasteiger partial charge < -0.3 is 10.4 Å². The van der Waals surface area contributed by atoms with Gasteiger partial charge in [0.1, 0.15) is 5.82 Å². The Balaban J connectivity index is 1.98. The van der Waals surface area contributed by atoms with Gasteiger partial charge in [0.2, 0.25) is 0 Å². The summed E-state index contributed by atoms with van der Waals surface area (Å²) in [6, 6.07) is 5.01. The molecule has 1 aromatic heterocycles. The quantitative estimate of drug-likeness (QED) is 0.885. The molecule has 0 spiro atoms. The van der Waals surface area contributed by atoms with Crippen molar-refractivity contribution in [3.8, 4) is 0 Å². The highest BCUT2D eigenvalue weighted by Gasteiger charge is 2.09.